The molecule has 0 aromatic heterocycles. The number of hydrogen-bond acceptors (Lipinski definition) is 4. The highest BCUT2D eigenvalue weighted by Gasteiger charge is 2.30. The Bertz CT molecular complexity index is 441. The average Bonchev–Trinajstić information content (AvgIpc) is 2.41. The van der Waals surface area contributed by atoms with Crippen LogP contribution >= 0.6 is 0 Å². The summed E-state index contributed by atoms with van der Waals surface area (Å²) in [7, 11) is 3.00. The molecule has 4 heteroatoms. The van der Waals surface area contributed by atoms with Crippen molar-refractivity contribution in [3.63, 3.8) is 0 Å². The molecule has 18 heavy (non-hydrogen) atoms. The maximum atomic E-state index is 11.3. The Labute approximate surface area is 107 Å². The van der Waals surface area contributed by atoms with Crippen molar-refractivity contribution in [2.24, 2.45) is 5.92 Å². The first-order chi connectivity index (χ1) is 8.65. The van der Waals surface area contributed by atoms with Gasteiger partial charge in [0.15, 0.2) is 0 Å². The molecule has 0 saturated carbocycles. The largest absolute Gasteiger partial charge is 0.497 e. The minimum atomic E-state index is -0.598. The number of rotatable bonds is 3. The predicted octanol–water partition coefficient (Wildman–Crippen LogP) is 1.85. The van der Waals surface area contributed by atoms with Crippen molar-refractivity contribution >= 4 is 5.97 Å². The van der Waals surface area contributed by atoms with E-state index in [4.69, 9.17) is 4.74 Å². The summed E-state index contributed by atoms with van der Waals surface area (Å²) in [5, 5.41) is 10.3. The van der Waals surface area contributed by atoms with Crippen LogP contribution in [0.3, 0.4) is 0 Å². The Kier molecular flexibility index (Phi) is 3.87. The second kappa shape index (κ2) is 5.40. The first kappa shape index (κ1) is 12.9. The molecule has 1 N–H and O–H groups in total. The monoisotopic (exact) mass is 250 g/mol. The number of carbonyl (C=O) groups excluding carboxylic acids is 1. The average molecular weight is 250 g/mol. The lowest BCUT2D eigenvalue weighted by Gasteiger charge is -2.29. The van der Waals surface area contributed by atoms with Crippen LogP contribution in [0.4, 0.5) is 0 Å². The van der Waals surface area contributed by atoms with Crippen molar-refractivity contribution in [3.05, 3.63) is 29.3 Å². The van der Waals surface area contributed by atoms with Gasteiger partial charge in [0.1, 0.15) is 5.75 Å². The van der Waals surface area contributed by atoms with E-state index in [-0.39, 0.29) is 18.3 Å². The number of hydrogen-bond donors (Lipinski definition) is 1. The van der Waals surface area contributed by atoms with Crippen LogP contribution in [0, 0.1) is 5.92 Å². The van der Waals surface area contributed by atoms with Crippen LogP contribution in [0.5, 0.6) is 5.75 Å². The molecule has 1 aromatic rings. The zero-order valence-corrected chi connectivity index (χ0v) is 10.7. The summed E-state index contributed by atoms with van der Waals surface area (Å²) in [6, 6.07) is 5.66. The Morgan fingerprint density at radius 1 is 1.44 bits per heavy atom. The molecule has 1 aliphatic carbocycles. The SMILES string of the molecule is COC(=O)CC1CCc2cc(OC)ccc2C1O. The second-order valence-corrected chi connectivity index (χ2v) is 4.59. The lowest BCUT2D eigenvalue weighted by molar-refractivity contribution is -0.143. The maximum Gasteiger partial charge on any atom is 0.305 e. The van der Waals surface area contributed by atoms with Gasteiger partial charge in [0.05, 0.1) is 26.7 Å². The summed E-state index contributed by atoms with van der Waals surface area (Å²) < 4.78 is 9.82. The molecule has 0 saturated heterocycles. The van der Waals surface area contributed by atoms with Crippen LogP contribution in [-0.4, -0.2) is 25.3 Å². The predicted molar refractivity (Wildman–Crippen MR) is 66.4 cm³/mol. The Morgan fingerprint density at radius 3 is 2.89 bits per heavy atom. The van der Waals surface area contributed by atoms with E-state index >= 15 is 0 Å². The molecule has 0 bridgehead atoms. The van der Waals surface area contributed by atoms with E-state index in [1.54, 1.807) is 7.11 Å². The molecule has 0 spiro atoms. The van der Waals surface area contributed by atoms with Gasteiger partial charge in [-0.2, -0.15) is 0 Å². The summed E-state index contributed by atoms with van der Waals surface area (Å²) in [4.78, 5) is 11.3. The number of ether oxygens (including phenoxy) is 2. The molecule has 0 heterocycles. The van der Waals surface area contributed by atoms with E-state index in [1.807, 2.05) is 18.2 Å². The molecule has 0 fully saturated rings. The van der Waals surface area contributed by atoms with Crippen molar-refractivity contribution in [3.8, 4) is 5.75 Å². The first-order valence-electron chi connectivity index (χ1n) is 6.07. The summed E-state index contributed by atoms with van der Waals surface area (Å²) >= 11 is 0. The van der Waals surface area contributed by atoms with Crippen LogP contribution in [-0.2, 0) is 16.0 Å². The number of aryl methyl sites for hydroxylation is 1. The number of fused-ring (bicyclic) bond motifs is 1. The van der Waals surface area contributed by atoms with Crippen molar-refractivity contribution < 1.29 is 19.4 Å². The second-order valence-electron chi connectivity index (χ2n) is 4.59. The van der Waals surface area contributed by atoms with Crippen molar-refractivity contribution in [1.29, 1.82) is 0 Å². The number of benzene rings is 1. The molecule has 0 amide bonds. The smallest absolute Gasteiger partial charge is 0.305 e. The minimum Gasteiger partial charge on any atom is -0.497 e. The van der Waals surface area contributed by atoms with Gasteiger partial charge in [-0.05, 0) is 42.0 Å². The van der Waals surface area contributed by atoms with Gasteiger partial charge in [0, 0.05) is 0 Å². The third-order valence-electron chi connectivity index (χ3n) is 3.56. The fourth-order valence-corrected chi connectivity index (χ4v) is 2.48. The third kappa shape index (κ3) is 2.48. The highest BCUT2D eigenvalue weighted by Crippen LogP contribution is 2.37. The molecule has 2 rings (SSSR count). The third-order valence-corrected chi connectivity index (χ3v) is 3.56. The van der Waals surface area contributed by atoms with E-state index in [0.717, 1.165) is 29.7 Å². The summed E-state index contributed by atoms with van der Waals surface area (Å²) in [6.07, 6.45) is 1.31. The van der Waals surface area contributed by atoms with Gasteiger partial charge in [-0.1, -0.05) is 6.07 Å². The van der Waals surface area contributed by atoms with Crippen molar-refractivity contribution in [2.75, 3.05) is 14.2 Å². The van der Waals surface area contributed by atoms with Crippen molar-refractivity contribution in [2.45, 2.75) is 25.4 Å². The lowest BCUT2D eigenvalue weighted by atomic mass is 9.80. The van der Waals surface area contributed by atoms with Crippen LogP contribution in [0.15, 0.2) is 18.2 Å². The molecule has 4 nitrogen and oxygen atoms in total. The highest BCUT2D eigenvalue weighted by atomic mass is 16.5. The fourth-order valence-electron chi connectivity index (χ4n) is 2.48. The van der Waals surface area contributed by atoms with Crippen LogP contribution in [0.1, 0.15) is 30.1 Å². The van der Waals surface area contributed by atoms with E-state index in [1.165, 1.54) is 7.11 Å². The van der Waals surface area contributed by atoms with Crippen molar-refractivity contribution in [1.82, 2.24) is 0 Å². The lowest BCUT2D eigenvalue weighted by Crippen LogP contribution is -2.23. The van der Waals surface area contributed by atoms with Crippen LogP contribution in [0.25, 0.3) is 0 Å². The number of esters is 1. The van der Waals surface area contributed by atoms with Gasteiger partial charge in [-0.3, -0.25) is 4.79 Å². The van der Waals surface area contributed by atoms with Gasteiger partial charge in [0.25, 0.3) is 0 Å². The number of carbonyl (C=O) groups is 1. The van der Waals surface area contributed by atoms with E-state index in [2.05, 4.69) is 4.74 Å². The van der Waals surface area contributed by atoms with E-state index in [0.29, 0.717) is 0 Å². The number of aliphatic hydroxyl groups is 1. The van der Waals surface area contributed by atoms with Gasteiger partial charge in [-0.15, -0.1) is 0 Å². The molecule has 2 atom stereocenters. The molecule has 0 radical (unpaired) electrons. The van der Waals surface area contributed by atoms with Crippen LogP contribution in [0.2, 0.25) is 0 Å². The van der Waals surface area contributed by atoms with Gasteiger partial charge in [0.2, 0.25) is 0 Å². The zero-order valence-electron chi connectivity index (χ0n) is 10.7. The van der Waals surface area contributed by atoms with Gasteiger partial charge in [-0.25, -0.2) is 0 Å². The topological polar surface area (TPSA) is 55.8 Å². The summed E-state index contributed by atoms with van der Waals surface area (Å²) in [5.74, 6) is 0.474. The number of aliphatic hydroxyl groups excluding tert-OH is 1. The molecule has 98 valence electrons. The maximum absolute atomic E-state index is 11.3. The quantitative estimate of drug-likeness (QED) is 0.832. The summed E-state index contributed by atoms with van der Waals surface area (Å²) in [5.41, 5.74) is 2.00. The Hall–Kier alpha value is -1.55. The fraction of sp³-hybridized carbons (Fsp3) is 0.500. The molecular formula is C14H18O4. The molecular weight excluding hydrogens is 232 g/mol. The highest BCUT2D eigenvalue weighted by molar-refractivity contribution is 5.69. The Balaban J connectivity index is 2.18. The van der Waals surface area contributed by atoms with Gasteiger partial charge < -0.3 is 14.6 Å². The van der Waals surface area contributed by atoms with E-state index in [9.17, 15) is 9.90 Å². The standard InChI is InChI=1S/C14H18O4/c1-17-11-5-6-12-9(7-11)3-4-10(14(12)16)8-13(15)18-2/h5-7,10,14,16H,3-4,8H2,1-2H3. The van der Waals surface area contributed by atoms with Gasteiger partial charge >= 0.3 is 5.97 Å². The van der Waals surface area contributed by atoms with E-state index < -0.39 is 6.10 Å². The number of methoxy groups -OCH3 is 2. The first-order valence-corrected chi connectivity index (χ1v) is 6.07. The van der Waals surface area contributed by atoms with Crippen LogP contribution < -0.4 is 4.74 Å². The molecule has 0 aliphatic heterocycles. The minimum absolute atomic E-state index is 0.0571. The Morgan fingerprint density at radius 2 is 2.22 bits per heavy atom. The molecule has 1 aromatic carbocycles. The molecule has 2 unspecified atom stereocenters. The normalized spacial score (nSPS) is 22.2. The summed E-state index contributed by atoms with van der Waals surface area (Å²) in [6.45, 7) is 0. The zero-order chi connectivity index (χ0) is 13.1. The molecule has 1 aliphatic rings.